The van der Waals surface area contributed by atoms with Crippen LogP contribution in [0, 0.1) is 0 Å². The molecule has 2 aliphatic rings. The highest BCUT2D eigenvalue weighted by Crippen LogP contribution is 2.32. The van der Waals surface area contributed by atoms with E-state index in [0.717, 1.165) is 42.9 Å². The molecule has 31 heavy (non-hydrogen) atoms. The van der Waals surface area contributed by atoms with Gasteiger partial charge in [0.15, 0.2) is 6.61 Å². The van der Waals surface area contributed by atoms with Crippen molar-refractivity contribution in [1.29, 1.82) is 0 Å². The first-order chi connectivity index (χ1) is 15.2. The van der Waals surface area contributed by atoms with Crippen LogP contribution in [0.25, 0.3) is 0 Å². The SMILES string of the molecule is COc1ccccc1C(CNC(=O)CCN1C(=O)COc2ccccc21)N1CCCC1. The van der Waals surface area contributed by atoms with Crippen LogP contribution in [-0.2, 0) is 9.59 Å². The molecule has 7 nitrogen and oxygen atoms in total. The van der Waals surface area contributed by atoms with E-state index in [1.165, 1.54) is 0 Å². The summed E-state index contributed by atoms with van der Waals surface area (Å²) in [6.07, 6.45) is 2.56. The van der Waals surface area contributed by atoms with Gasteiger partial charge in [0.25, 0.3) is 5.91 Å². The molecular formula is C24H29N3O4. The van der Waals surface area contributed by atoms with Crippen LogP contribution in [0.3, 0.4) is 0 Å². The molecule has 1 N–H and O–H groups in total. The molecule has 2 aromatic carbocycles. The van der Waals surface area contributed by atoms with Crippen LogP contribution in [0.15, 0.2) is 48.5 Å². The van der Waals surface area contributed by atoms with Gasteiger partial charge in [-0.05, 0) is 44.1 Å². The third-order valence-corrected chi connectivity index (χ3v) is 5.94. The lowest BCUT2D eigenvalue weighted by molar-refractivity contribution is -0.122. The van der Waals surface area contributed by atoms with Gasteiger partial charge in [-0.25, -0.2) is 0 Å². The molecule has 2 aliphatic heterocycles. The molecule has 1 unspecified atom stereocenters. The quantitative estimate of drug-likeness (QED) is 0.707. The van der Waals surface area contributed by atoms with Crippen molar-refractivity contribution in [2.24, 2.45) is 0 Å². The Bertz CT molecular complexity index is 927. The number of para-hydroxylation sites is 3. The summed E-state index contributed by atoms with van der Waals surface area (Å²) >= 11 is 0. The highest BCUT2D eigenvalue weighted by atomic mass is 16.5. The Labute approximate surface area is 182 Å². The molecule has 0 bridgehead atoms. The summed E-state index contributed by atoms with van der Waals surface area (Å²) in [7, 11) is 1.68. The Morgan fingerprint density at radius 2 is 1.87 bits per heavy atom. The average Bonchev–Trinajstić information content (AvgIpc) is 3.33. The van der Waals surface area contributed by atoms with E-state index in [4.69, 9.17) is 9.47 Å². The van der Waals surface area contributed by atoms with E-state index in [1.807, 2.05) is 42.5 Å². The molecular weight excluding hydrogens is 394 g/mol. The van der Waals surface area contributed by atoms with Gasteiger partial charge in [-0.2, -0.15) is 0 Å². The minimum atomic E-state index is -0.129. The van der Waals surface area contributed by atoms with Crippen molar-refractivity contribution in [3.63, 3.8) is 0 Å². The maximum absolute atomic E-state index is 12.7. The summed E-state index contributed by atoms with van der Waals surface area (Å²) in [5, 5.41) is 3.08. The number of fused-ring (bicyclic) bond motifs is 1. The lowest BCUT2D eigenvalue weighted by Gasteiger charge is -2.30. The van der Waals surface area contributed by atoms with Crippen molar-refractivity contribution in [2.45, 2.75) is 25.3 Å². The highest BCUT2D eigenvalue weighted by Gasteiger charge is 2.28. The van der Waals surface area contributed by atoms with Crippen LogP contribution < -0.4 is 19.7 Å². The first-order valence-electron chi connectivity index (χ1n) is 10.8. The van der Waals surface area contributed by atoms with E-state index in [0.29, 0.717) is 18.8 Å². The summed E-state index contributed by atoms with van der Waals surface area (Å²) in [5.41, 5.74) is 1.81. The standard InChI is InChI=1S/C24H29N3O4/c1-30-21-10-4-2-8-18(21)20(26-13-6-7-14-26)16-25-23(28)12-15-27-19-9-3-5-11-22(19)31-17-24(27)29/h2-5,8-11,20H,6-7,12-17H2,1H3,(H,25,28). The summed E-state index contributed by atoms with van der Waals surface area (Å²) in [4.78, 5) is 29.0. The van der Waals surface area contributed by atoms with Crippen LogP contribution in [0.5, 0.6) is 11.5 Å². The van der Waals surface area contributed by atoms with Gasteiger partial charge in [-0.3, -0.25) is 14.5 Å². The fourth-order valence-corrected chi connectivity index (χ4v) is 4.34. The second kappa shape index (κ2) is 9.83. The number of amides is 2. The van der Waals surface area contributed by atoms with Crippen molar-refractivity contribution < 1.29 is 19.1 Å². The van der Waals surface area contributed by atoms with Crippen LogP contribution >= 0.6 is 0 Å². The number of carbonyl (C=O) groups is 2. The van der Waals surface area contributed by atoms with Crippen molar-refractivity contribution in [1.82, 2.24) is 10.2 Å². The molecule has 1 atom stereocenters. The van der Waals surface area contributed by atoms with Crippen LogP contribution in [0.1, 0.15) is 30.9 Å². The Kier molecular flexibility index (Phi) is 6.72. The minimum absolute atomic E-state index is 0.00344. The summed E-state index contributed by atoms with van der Waals surface area (Å²) in [6.45, 7) is 2.86. The van der Waals surface area contributed by atoms with Gasteiger partial charge in [-0.15, -0.1) is 0 Å². The average molecular weight is 424 g/mol. The molecule has 0 spiro atoms. The summed E-state index contributed by atoms with van der Waals surface area (Å²) < 4.78 is 11.0. The number of hydrogen-bond donors (Lipinski definition) is 1. The highest BCUT2D eigenvalue weighted by molar-refractivity contribution is 5.98. The summed E-state index contributed by atoms with van der Waals surface area (Å²) in [6, 6.07) is 15.5. The van der Waals surface area contributed by atoms with Gasteiger partial charge in [-0.1, -0.05) is 30.3 Å². The van der Waals surface area contributed by atoms with Crippen molar-refractivity contribution in [3.8, 4) is 11.5 Å². The van der Waals surface area contributed by atoms with Crippen molar-refractivity contribution in [2.75, 3.05) is 44.8 Å². The molecule has 0 saturated carbocycles. The van der Waals surface area contributed by atoms with E-state index in [-0.39, 0.29) is 30.9 Å². The maximum Gasteiger partial charge on any atom is 0.265 e. The monoisotopic (exact) mass is 423 g/mol. The third kappa shape index (κ3) is 4.82. The van der Waals surface area contributed by atoms with Gasteiger partial charge in [0.05, 0.1) is 18.8 Å². The number of rotatable bonds is 8. The zero-order chi connectivity index (χ0) is 21.6. The molecule has 2 heterocycles. The third-order valence-electron chi connectivity index (χ3n) is 5.94. The van der Waals surface area contributed by atoms with E-state index in [1.54, 1.807) is 12.0 Å². The van der Waals surface area contributed by atoms with E-state index in [2.05, 4.69) is 16.3 Å². The van der Waals surface area contributed by atoms with Gasteiger partial charge >= 0.3 is 0 Å². The van der Waals surface area contributed by atoms with Gasteiger partial charge < -0.3 is 19.7 Å². The Hall–Kier alpha value is -3.06. The fourth-order valence-electron chi connectivity index (χ4n) is 4.34. The van der Waals surface area contributed by atoms with E-state index >= 15 is 0 Å². The molecule has 2 amide bonds. The molecule has 164 valence electrons. The predicted molar refractivity (Wildman–Crippen MR) is 118 cm³/mol. The van der Waals surface area contributed by atoms with Crippen LogP contribution in [0.2, 0.25) is 0 Å². The Morgan fingerprint density at radius 1 is 1.13 bits per heavy atom. The molecule has 1 fully saturated rings. The number of nitrogens with one attached hydrogen (secondary N) is 1. The van der Waals surface area contributed by atoms with Gasteiger partial charge in [0.1, 0.15) is 11.5 Å². The number of anilines is 1. The lowest BCUT2D eigenvalue weighted by atomic mass is 10.0. The van der Waals surface area contributed by atoms with E-state index < -0.39 is 0 Å². The number of benzene rings is 2. The molecule has 7 heteroatoms. The fraction of sp³-hybridized carbons (Fsp3) is 0.417. The topological polar surface area (TPSA) is 71.1 Å². The summed E-state index contributed by atoms with van der Waals surface area (Å²) in [5.74, 6) is 1.31. The molecule has 0 aliphatic carbocycles. The van der Waals surface area contributed by atoms with Crippen molar-refractivity contribution in [3.05, 3.63) is 54.1 Å². The number of nitrogens with zero attached hydrogens (tertiary/aromatic N) is 2. The Balaban J connectivity index is 1.39. The van der Waals surface area contributed by atoms with E-state index in [9.17, 15) is 9.59 Å². The smallest absolute Gasteiger partial charge is 0.265 e. The minimum Gasteiger partial charge on any atom is -0.496 e. The molecule has 4 rings (SSSR count). The number of methoxy groups -OCH3 is 1. The lowest BCUT2D eigenvalue weighted by Crippen LogP contribution is -2.42. The maximum atomic E-state index is 12.7. The molecule has 1 saturated heterocycles. The van der Waals surface area contributed by atoms with Crippen molar-refractivity contribution >= 4 is 17.5 Å². The number of likely N-dealkylation sites (tertiary alicyclic amines) is 1. The normalized spacial score (nSPS) is 17.1. The van der Waals surface area contributed by atoms with Gasteiger partial charge in [0, 0.05) is 25.1 Å². The number of carbonyl (C=O) groups excluding carboxylic acids is 2. The second-order valence-electron chi connectivity index (χ2n) is 7.86. The number of ether oxygens (including phenoxy) is 2. The van der Waals surface area contributed by atoms with Crippen LogP contribution in [0.4, 0.5) is 5.69 Å². The number of hydrogen-bond acceptors (Lipinski definition) is 5. The van der Waals surface area contributed by atoms with Gasteiger partial charge in [0.2, 0.25) is 5.91 Å². The zero-order valence-electron chi connectivity index (χ0n) is 17.9. The second-order valence-corrected chi connectivity index (χ2v) is 7.86. The molecule has 0 radical (unpaired) electrons. The largest absolute Gasteiger partial charge is 0.496 e. The Morgan fingerprint density at radius 3 is 2.68 bits per heavy atom. The molecule has 2 aromatic rings. The zero-order valence-corrected chi connectivity index (χ0v) is 17.9. The van der Waals surface area contributed by atoms with Crippen LogP contribution in [-0.4, -0.2) is 56.6 Å². The molecule has 0 aromatic heterocycles. The first kappa shape index (κ1) is 21.2. The first-order valence-corrected chi connectivity index (χ1v) is 10.8. The predicted octanol–water partition coefficient (Wildman–Crippen LogP) is 2.76.